The normalized spacial score (nSPS) is 14.0. The molecule has 2 N–H and O–H groups in total. The summed E-state index contributed by atoms with van der Waals surface area (Å²) < 4.78 is 1.42. The second kappa shape index (κ2) is 6.98. The van der Waals surface area contributed by atoms with E-state index < -0.39 is 0 Å². The zero-order valence-corrected chi connectivity index (χ0v) is 14.7. The summed E-state index contributed by atoms with van der Waals surface area (Å²) in [5.41, 5.74) is 1.81. The van der Waals surface area contributed by atoms with Crippen LogP contribution in [0.3, 0.4) is 0 Å². The lowest BCUT2D eigenvalue weighted by Gasteiger charge is -2.15. The number of H-pyrrole nitrogens is 1. The van der Waals surface area contributed by atoms with E-state index in [1.54, 1.807) is 11.8 Å². The molecule has 1 fully saturated rings. The molecule has 3 heterocycles. The van der Waals surface area contributed by atoms with Crippen LogP contribution in [0.25, 0.3) is 5.95 Å². The van der Waals surface area contributed by atoms with Crippen LogP contribution in [0.2, 0.25) is 0 Å². The lowest BCUT2D eigenvalue weighted by molar-refractivity contribution is -0.117. The van der Waals surface area contributed by atoms with Gasteiger partial charge in [0.05, 0.1) is 0 Å². The Balaban J connectivity index is 1.39. The van der Waals surface area contributed by atoms with Gasteiger partial charge in [-0.05, 0) is 31.0 Å². The standard InChI is InChI=1S/C17H18N8O2/c1-11-21-15(23-25(11)17-19-10-20-22-17)16(27)18-9-12-4-6-13(7-5-12)24-8-2-3-14(24)26/h4-7,10H,2-3,8-9H2,1H3,(H,18,27)(H,19,20,22). The fraction of sp³-hybridized carbons (Fsp3) is 0.294. The van der Waals surface area contributed by atoms with E-state index in [1.807, 2.05) is 24.3 Å². The third kappa shape index (κ3) is 3.41. The molecule has 2 aromatic heterocycles. The van der Waals surface area contributed by atoms with Crippen LogP contribution in [0.15, 0.2) is 30.6 Å². The molecule has 1 aromatic carbocycles. The zero-order valence-electron chi connectivity index (χ0n) is 14.7. The minimum absolute atomic E-state index is 0.0585. The number of anilines is 1. The van der Waals surface area contributed by atoms with E-state index in [9.17, 15) is 9.59 Å². The van der Waals surface area contributed by atoms with Gasteiger partial charge in [0.15, 0.2) is 0 Å². The minimum Gasteiger partial charge on any atom is -0.345 e. The van der Waals surface area contributed by atoms with Crippen LogP contribution in [-0.2, 0) is 11.3 Å². The van der Waals surface area contributed by atoms with Crippen molar-refractivity contribution >= 4 is 17.5 Å². The molecule has 0 atom stereocenters. The van der Waals surface area contributed by atoms with Gasteiger partial charge in [-0.3, -0.25) is 9.59 Å². The lowest BCUT2D eigenvalue weighted by atomic mass is 10.2. The molecule has 10 nitrogen and oxygen atoms in total. The Morgan fingerprint density at radius 2 is 2.11 bits per heavy atom. The van der Waals surface area contributed by atoms with Gasteiger partial charge in [-0.15, -0.1) is 5.10 Å². The number of nitrogens with zero attached hydrogens (tertiary/aromatic N) is 6. The SMILES string of the molecule is Cc1nc(C(=O)NCc2ccc(N3CCCC3=O)cc2)nn1-c1ncn[nH]1. The smallest absolute Gasteiger partial charge is 0.291 e. The maximum absolute atomic E-state index is 12.3. The molecule has 2 amide bonds. The largest absolute Gasteiger partial charge is 0.345 e. The molecule has 1 aliphatic heterocycles. The Bertz CT molecular complexity index is 961. The van der Waals surface area contributed by atoms with Gasteiger partial charge >= 0.3 is 0 Å². The van der Waals surface area contributed by atoms with Crippen LogP contribution in [-0.4, -0.2) is 48.3 Å². The fourth-order valence-electron chi connectivity index (χ4n) is 2.96. The highest BCUT2D eigenvalue weighted by Gasteiger charge is 2.21. The van der Waals surface area contributed by atoms with Gasteiger partial charge in [-0.1, -0.05) is 12.1 Å². The lowest BCUT2D eigenvalue weighted by Crippen LogP contribution is -2.25. The van der Waals surface area contributed by atoms with Gasteiger partial charge < -0.3 is 10.2 Å². The van der Waals surface area contributed by atoms with Gasteiger partial charge in [0.2, 0.25) is 17.7 Å². The quantitative estimate of drug-likeness (QED) is 0.687. The predicted molar refractivity (Wildman–Crippen MR) is 95.2 cm³/mol. The Hall–Kier alpha value is -3.56. The van der Waals surface area contributed by atoms with E-state index in [2.05, 4.69) is 30.6 Å². The van der Waals surface area contributed by atoms with Crippen LogP contribution in [0, 0.1) is 6.92 Å². The molecule has 0 bridgehead atoms. The number of nitrogens with one attached hydrogen (secondary N) is 2. The summed E-state index contributed by atoms with van der Waals surface area (Å²) in [5, 5.41) is 13.4. The van der Waals surface area contributed by atoms with Gasteiger partial charge in [0.25, 0.3) is 5.91 Å². The van der Waals surface area contributed by atoms with Gasteiger partial charge in [-0.25, -0.2) is 10.1 Å². The zero-order chi connectivity index (χ0) is 18.8. The molecule has 4 rings (SSSR count). The van der Waals surface area contributed by atoms with Crippen LogP contribution in [0.1, 0.15) is 34.8 Å². The van der Waals surface area contributed by atoms with E-state index in [0.717, 1.165) is 24.2 Å². The summed E-state index contributed by atoms with van der Waals surface area (Å²) in [6, 6.07) is 7.58. The van der Waals surface area contributed by atoms with Crippen LogP contribution in [0.4, 0.5) is 5.69 Å². The first-order chi connectivity index (χ1) is 13.1. The highest BCUT2D eigenvalue weighted by atomic mass is 16.2. The van der Waals surface area contributed by atoms with E-state index >= 15 is 0 Å². The van der Waals surface area contributed by atoms with Crippen molar-refractivity contribution in [1.29, 1.82) is 0 Å². The Labute approximate surface area is 154 Å². The summed E-state index contributed by atoms with van der Waals surface area (Å²) in [5.74, 6) is 0.751. The molecule has 0 saturated carbocycles. The van der Waals surface area contributed by atoms with E-state index in [1.165, 1.54) is 11.0 Å². The number of aryl methyl sites for hydroxylation is 1. The third-order valence-corrected chi connectivity index (χ3v) is 4.35. The molecule has 0 unspecified atom stereocenters. The summed E-state index contributed by atoms with van der Waals surface area (Å²) in [7, 11) is 0. The van der Waals surface area contributed by atoms with Gasteiger partial charge in [0, 0.05) is 25.2 Å². The average Bonchev–Trinajstić information content (AvgIpc) is 3.41. The second-order valence-corrected chi connectivity index (χ2v) is 6.20. The highest BCUT2D eigenvalue weighted by Crippen LogP contribution is 2.21. The number of hydrogen-bond acceptors (Lipinski definition) is 6. The molecular weight excluding hydrogens is 348 g/mol. The Morgan fingerprint density at radius 1 is 1.30 bits per heavy atom. The highest BCUT2D eigenvalue weighted by molar-refractivity contribution is 5.95. The molecular formula is C17H18N8O2. The van der Waals surface area contributed by atoms with E-state index in [4.69, 9.17) is 0 Å². The number of carbonyl (C=O) groups excluding carboxylic acids is 2. The number of hydrogen-bond donors (Lipinski definition) is 2. The molecule has 3 aromatic rings. The number of amides is 2. The molecule has 10 heteroatoms. The molecule has 0 aliphatic carbocycles. The molecule has 0 radical (unpaired) electrons. The minimum atomic E-state index is -0.379. The molecule has 1 saturated heterocycles. The summed E-state index contributed by atoms with van der Waals surface area (Å²) in [6.07, 6.45) is 2.85. The summed E-state index contributed by atoms with van der Waals surface area (Å²) >= 11 is 0. The van der Waals surface area contributed by atoms with Crippen molar-refractivity contribution in [3.63, 3.8) is 0 Å². The Kier molecular flexibility index (Phi) is 4.37. The molecule has 0 spiro atoms. The summed E-state index contributed by atoms with van der Waals surface area (Å²) in [6.45, 7) is 2.82. The first kappa shape index (κ1) is 16.9. The predicted octanol–water partition coefficient (Wildman–Crippen LogP) is 0.751. The van der Waals surface area contributed by atoms with Crippen molar-refractivity contribution in [1.82, 2.24) is 35.3 Å². The maximum Gasteiger partial charge on any atom is 0.291 e. The first-order valence-corrected chi connectivity index (χ1v) is 8.59. The third-order valence-electron chi connectivity index (χ3n) is 4.35. The monoisotopic (exact) mass is 366 g/mol. The second-order valence-electron chi connectivity index (χ2n) is 6.20. The van der Waals surface area contributed by atoms with Crippen molar-refractivity contribution in [3.05, 3.63) is 47.8 Å². The van der Waals surface area contributed by atoms with Crippen LogP contribution < -0.4 is 10.2 Å². The number of benzene rings is 1. The molecule has 138 valence electrons. The maximum atomic E-state index is 12.3. The fourth-order valence-corrected chi connectivity index (χ4v) is 2.96. The average molecular weight is 366 g/mol. The molecule has 1 aliphatic rings. The number of carbonyl (C=O) groups is 2. The van der Waals surface area contributed by atoms with Crippen LogP contribution >= 0.6 is 0 Å². The topological polar surface area (TPSA) is 122 Å². The first-order valence-electron chi connectivity index (χ1n) is 8.59. The number of aromatic nitrogens is 6. The van der Waals surface area contributed by atoms with Crippen molar-refractivity contribution in [2.45, 2.75) is 26.3 Å². The van der Waals surface area contributed by atoms with Crippen molar-refractivity contribution in [2.24, 2.45) is 0 Å². The summed E-state index contributed by atoms with van der Waals surface area (Å²) in [4.78, 5) is 34.1. The number of rotatable bonds is 5. The number of aromatic amines is 1. The van der Waals surface area contributed by atoms with Gasteiger partial charge in [0.1, 0.15) is 12.2 Å². The van der Waals surface area contributed by atoms with Crippen molar-refractivity contribution in [3.8, 4) is 5.95 Å². The van der Waals surface area contributed by atoms with Crippen LogP contribution in [0.5, 0.6) is 0 Å². The Morgan fingerprint density at radius 3 is 2.78 bits per heavy atom. The van der Waals surface area contributed by atoms with E-state index in [0.29, 0.717) is 24.7 Å². The molecule has 27 heavy (non-hydrogen) atoms. The van der Waals surface area contributed by atoms with Gasteiger partial charge in [-0.2, -0.15) is 14.8 Å². The van der Waals surface area contributed by atoms with Crippen molar-refractivity contribution in [2.75, 3.05) is 11.4 Å². The van der Waals surface area contributed by atoms with E-state index in [-0.39, 0.29) is 17.6 Å². The van der Waals surface area contributed by atoms with Crippen molar-refractivity contribution < 1.29 is 9.59 Å².